The summed E-state index contributed by atoms with van der Waals surface area (Å²) in [5, 5.41) is 12.6. The van der Waals surface area contributed by atoms with Gasteiger partial charge >= 0.3 is 59.4 Å². The molecule has 2 aliphatic heterocycles. The van der Waals surface area contributed by atoms with Gasteiger partial charge in [0.05, 0.1) is 13.2 Å². The fourth-order valence-electron chi connectivity index (χ4n) is 4.60. The van der Waals surface area contributed by atoms with E-state index in [1.807, 2.05) is 0 Å². The molecule has 2 fully saturated rings. The van der Waals surface area contributed by atoms with Crippen molar-refractivity contribution in [3.8, 4) is 0 Å². The van der Waals surface area contributed by atoms with E-state index in [0.29, 0.717) is 0 Å². The number of carbonyl (C=O) groups is 6. The first kappa shape index (κ1) is 41.6. The van der Waals surface area contributed by atoms with Crippen LogP contribution in [0.25, 0.3) is 0 Å². The van der Waals surface area contributed by atoms with E-state index in [4.69, 9.17) is 37.9 Å². The Morgan fingerprint density at radius 2 is 1.13 bits per heavy atom. The molecule has 0 aliphatic carbocycles. The van der Waals surface area contributed by atoms with Crippen LogP contribution < -0.4 is 34.9 Å². The third kappa shape index (κ3) is 12.6. The SMILES string of the molecule is CC(=O)N[C@H]1[C@H](OC(C)=O)O[C@H](CO)[C@@H](O[C@@H]2O[C@H](COS(=O)(=O)[O-])[C@H](OC(C)=O)[C@H](OC(C)=O)C2OC(C)=O)[C@@H]1OC(C)=O.[Na+]. The largest absolute Gasteiger partial charge is 1.00 e. The molecule has 2 saturated heterocycles. The van der Waals surface area contributed by atoms with Crippen LogP contribution in [0.3, 0.4) is 0 Å². The van der Waals surface area contributed by atoms with E-state index in [0.717, 1.165) is 41.5 Å². The number of rotatable bonds is 12. The Morgan fingerprint density at radius 3 is 1.59 bits per heavy atom. The van der Waals surface area contributed by atoms with Gasteiger partial charge in [-0.05, 0) is 0 Å². The molecule has 0 bridgehead atoms. The first-order valence-corrected chi connectivity index (χ1v) is 14.5. The van der Waals surface area contributed by atoms with Crippen LogP contribution in [0.1, 0.15) is 41.5 Å². The number of carbonyl (C=O) groups excluding carboxylic acids is 6. The van der Waals surface area contributed by atoms with Crippen LogP contribution >= 0.6 is 0 Å². The zero-order valence-corrected chi connectivity index (χ0v) is 28.7. The molecule has 1 amide bonds. The average molecular weight is 696 g/mol. The molecule has 46 heavy (non-hydrogen) atoms. The van der Waals surface area contributed by atoms with Crippen LogP contribution in [0.15, 0.2) is 0 Å². The van der Waals surface area contributed by atoms with Gasteiger partial charge in [0.25, 0.3) is 0 Å². The monoisotopic (exact) mass is 695 g/mol. The maximum Gasteiger partial charge on any atom is 1.00 e. The van der Waals surface area contributed by atoms with E-state index in [2.05, 4.69) is 9.50 Å². The van der Waals surface area contributed by atoms with Crippen molar-refractivity contribution < 1.29 is 118 Å². The van der Waals surface area contributed by atoms with Crippen LogP contribution in [-0.4, -0.2) is 128 Å². The minimum atomic E-state index is -5.36. The Labute approximate surface area is 285 Å². The number of hydrogen-bond acceptors (Lipinski definition) is 19. The predicted octanol–water partition coefficient (Wildman–Crippen LogP) is -5.91. The van der Waals surface area contributed by atoms with Crippen LogP contribution in [0.5, 0.6) is 0 Å². The molecule has 20 nitrogen and oxygen atoms in total. The first-order valence-electron chi connectivity index (χ1n) is 13.1. The number of ether oxygens (including phenoxy) is 8. The smallest absolute Gasteiger partial charge is 0.726 e. The molecule has 22 heteroatoms. The van der Waals surface area contributed by atoms with Crippen LogP contribution in [0.4, 0.5) is 0 Å². The zero-order chi connectivity index (χ0) is 34.2. The summed E-state index contributed by atoms with van der Waals surface area (Å²) in [5.74, 6) is -5.54. The molecular formula is C24H34NNaO19S. The molecular weight excluding hydrogens is 661 g/mol. The molecule has 2 heterocycles. The van der Waals surface area contributed by atoms with Gasteiger partial charge in [0, 0.05) is 41.5 Å². The quantitative estimate of drug-likeness (QED) is 0.0632. The van der Waals surface area contributed by atoms with Crippen molar-refractivity contribution in [3.63, 3.8) is 0 Å². The second-order valence-electron chi connectivity index (χ2n) is 9.69. The van der Waals surface area contributed by atoms with Gasteiger partial charge in [-0.3, -0.25) is 33.0 Å². The van der Waals surface area contributed by atoms with Gasteiger partial charge in [-0.15, -0.1) is 0 Å². The molecule has 0 radical (unpaired) electrons. The van der Waals surface area contributed by atoms with E-state index in [1.54, 1.807) is 0 Å². The Bertz CT molecular complexity index is 1230. The Balaban J connectivity index is 0.0000106. The van der Waals surface area contributed by atoms with E-state index in [1.165, 1.54) is 0 Å². The summed E-state index contributed by atoms with van der Waals surface area (Å²) < 4.78 is 81.6. The van der Waals surface area contributed by atoms with Crippen molar-refractivity contribution in [1.29, 1.82) is 0 Å². The summed E-state index contributed by atoms with van der Waals surface area (Å²) in [7, 11) is -5.36. The third-order valence-electron chi connectivity index (χ3n) is 5.95. The molecule has 0 aromatic rings. The van der Waals surface area contributed by atoms with Gasteiger partial charge < -0.3 is 52.9 Å². The summed E-state index contributed by atoms with van der Waals surface area (Å²) >= 11 is 0. The van der Waals surface area contributed by atoms with Gasteiger partial charge in [0.1, 0.15) is 24.4 Å². The number of hydrogen-bond donors (Lipinski definition) is 2. The number of nitrogens with one attached hydrogen (secondary N) is 1. The molecule has 2 aliphatic rings. The Kier molecular flexibility index (Phi) is 16.4. The zero-order valence-electron chi connectivity index (χ0n) is 25.9. The van der Waals surface area contributed by atoms with Gasteiger partial charge in [-0.1, -0.05) is 0 Å². The fourth-order valence-corrected chi connectivity index (χ4v) is 4.90. The molecule has 0 aromatic heterocycles. The van der Waals surface area contributed by atoms with Crippen molar-refractivity contribution in [2.24, 2.45) is 0 Å². The number of aliphatic hydroxyl groups excluding tert-OH is 1. The number of amides is 1. The summed E-state index contributed by atoms with van der Waals surface area (Å²) in [5.41, 5.74) is 0. The van der Waals surface area contributed by atoms with E-state index >= 15 is 0 Å². The molecule has 2 N–H and O–H groups in total. The maximum atomic E-state index is 12.2. The van der Waals surface area contributed by atoms with Crippen LogP contribution in [-0.2, 0) is 81.2 Å². The first-order chi connectivity index (χ1) is 20.8. The summed E-state index contributed by atoms with van der Waals surface area (Å²) in [6, 6.07) is -1.47. The number of aliphatic hydroxyl groups is 1. The second-order valence-corrected chi connectivity index (χ2v) is 10.7. The van der Waals surface area contributed by atoms with Crippen molar-refractivity contribution >= 4 is 46.2 Å². The molecule has 2 rings (SSSR count). The molecule has 10 atom stereocenters. The molecule has 0 aromatic carbocycles. The van der Waals surface area contributed by atoms with Crippen molar-refractivity contribution in [1.82, 2.24) is 5.32 Å². The molecule has 256 valence electrons. The van der Waals surface area contributed by atoms with Crippen molar-refractivity contribution in [2.45, 2.75) is 103 Å². The third-order valence-corrected chi connectivity index (χ3v) is 6.37. The van der Waals surface area contributed by atoms with E-state index in [-0.39, 0.29) is 29.6 Å². The fraction of sp³-hybridized carbons (Fsp3) is 0.750. The molecule has 0 spiro atoms. The van der Waals surface area contributed by atoms with Gasteiger partial charge in [-0.25, -0.2) is 8.42 Å². The standard InChI is InChI=1S/C24H35NO19S.Na/c1-9(27)25-17-20(38-11(3)29)18(15(7-26)42-23(17)41-14(6)32)44-24-22(40-13(5)31)21(39-12(4)30)19(37-10(2)28)16(43-24)8-36-45(33,34)35;/h15-24,26H,7-8H2,1-6H3,(H,25,27)(H,33,34,35);/q;+1/p-1/t15-,16-,17-,18-,19+,20-,21+,22?,23-,24+;/m1./s1. The Morgan fingerprint density at radius 1 is 0.674 bits per heavy atom. The second kappa shape index (κ2) is 18.2. The minimum absolute atomic E-state index is 0. The van der Waals surface area contributed by atoms with E-state index in [9.17, 15) is 46.8 Å². The maximum absolute atomic E-state index is 12.2. The summed E-state index contributed by atoms with van der Waals surface area (Å²) in [4.78, 5) is 72.1. The summed E-state index contributed by atoms with van der Waals surface area (Å²) in [6.45, 7) is 3.88. The van der Waals surface area contributed by atoms with Gasteiger partial charge in [0.15, 0.2) is 30.7 Å². The van der Waals surface area contributed by atoms with E-state index < -0.39 is 121 Å². The minimum Gasteiger partial charge on any atom is -0.726 e. The average Bonchev–Trinajstić information content (AvgIpc) is 2.87. The summed E-state index contributed by atoms with van der Waals surface area (Å²) in [6.07, 6.45) is -15.5. The Hall–Kier alpha value is -2.47. The van der Waals surface area contributed by atoms with Gasteiger partial charge in [0.2, 0.25) is 22.6 Å². The van der Waals surface area contributed by atoms with Crippen LogP contribution in [0, 0.1) is 0 Å². The van der Waals surface area contributed by atoms with Crippen LogP contribution in [0.2, 0.25) is 0 Å². The number of esters is 5. The van der Waals surface area contributed by atoms with Crippen molar-refractivity contribution in [3.05, 3.63) is 0 Å². The molecule has 0 saturated carbocycles. The molecule has 1 unspecified atom stereocenters. The van der Waals surface area contributed by atoms with Crippen molar-refractivity contribution in [2.75, 3.05) is 13.2 Å². The normalized spacial score (nSPS) is 30.9. The predicted molar refractivity (Wildman–Crippen MR) is 137 cm³/mol. The topological polar surface area (TPSA) is 275 Å². The van der Waals surface area contributed by atoms with Gasteiger partial charge in [-0.2, -0.15) is 0 Å².